The summed E-state index contributed by atoms with van der Waals surface area (Å²) in [6.45, 7) is 2.97. The zero-order valence-corrected chi connectivity index (χ0v) is 39.6. The van der Waals surface area contributed by atoms with Gasteiger partial charge in [0.2, 0.25) is 59.1 Å². The van der Waals surface area contributed by atoms with Crippen LogP contribution in [-0.2, 0) is 65.6 Å². The van der Waals surface area contributed by atoms with Crippen molar-refractivity contribution >= 4 is 65.0 Å². The Morgan fingerprint density at radius 1 is 0.775 bits per heavy atom. The van der Waals surface area contributed by atoms with Gasteiger partial charge in [0, 0.05) is 37.7 Å². The highest BCUT2D eigenvalue weighted by Crippen LogP contribution is 2.21. The summed E-state index contributed by atoms with van der Waals surface area (Å²) in [5.41, 5.74) is 17.0. The number of aromatic nitrogens is 2. The van der Waals surface area contributed by atoms with Gasteiger partial charge in [0.1, 0.15) is 36.3 Å². The van der Waals surface area contributed by atoms with Crippen molar-refractivity contribution in [2.75, 3.05) is 19.7 Å². The van der Waals surface area contributed by atoms with Crippen LogP contribution in [0.25, 0.3) is 0 Å². The Hall–Kier alpha value is -7.52. The van der Waals surface area contributed by atoms with Crippen molar-refractivity contribution in [3.63, 3.8) is 0 Å². The van der Waals surface area contributed by atoms with E-state index >= 15 is 0 Å². The third-order valence-corrected chi connectivity index (χ3v) is 11.1. The molecule has 1 aliphatic rings. The number of carboxylic acids is 1. The minimum atomic E-state index is -1.73. The van der Waals surface area contributed by atoms with E-state index in [-0.39, 0.29) is 51.0 Å². The van der Waals surface area contributed by atoms with Crippen LogP contribution in [-0.4, -0.2) is 169 Å². The normalized spacial score (nSPS) is 16.6. The van der Waals surface area contributed by atoms with Crippen molar-refractivity contribution in [2.45, 2.75) is 127 Å². The van der Waals surface area contributed by atoms with E-state index in [2.05, 4.69) is 47.2 Å². The number of primary amides is 2. The molecule has 3 rings (SSSR count). The number of rotatable bonds is 29. The van der Waals surface area contributed by atoms with Crippen LogP contribution < -0.4 is 54.4 Å². The number of aliphatic hydroxyl groups excluding tert-OH is 2. The summed E-state index contributed by atoms with van der Waals surface area (Å²) in [5, 5.41) is 46.5. The van der Waals surface area contributed by atoms with Crippen LogP contribution in [0.4, 0.5) is 0 Å². The highest BCUT2D eigenvalue weighted by atomic mass is 16.4. The van der Waals surface area contributed by atoms with Crippen molar-refractivity contribution < 1.29 is 68.1 Å². The van der Waals surface area contributed by atoms with E-state index in [1.807, 2.05) is 0 Å². The molecule has 27 heteroatoms. The first-order valence-corrected chi connectivity index (χ1v) is 22.8. The molecule has 0 saturated carbocycles. The third kappa shape index (κ3) is 19.1. The van der Waals surface area contributed by atoms with Crippen LogP contribution in [0.5, 0.6) is 0 Å². The second-order valence-electron chi connectivity index (χ2n) is 17.4. The van der Waals surface area contributed by atoms with Gasteiger partial charge >= 0.3 is 5.97 Å². The Bertz CT molecular complexity index is 2190. The summed E-state index contributed by atoms with van der Waals surface area (Å²) in [6, 6.07) is -3.08. The Kier molecular flexibility index (Phi) is 23.0. The molecule has 17 N–H and O–H groups in total. The Balaban J connectivity index is 1.79. The summed E-state index contributed by atoms with van der Waals surface area (Å²) in [5.74, 6) is -10.7. The molecule has 9 atom stereocenters. The van der Waals surface area contributed by atoms with Crippen LogP contribution in [0.2, 0.25) is 0 Å². The maximum atomic E-state index is 14.4. The largest absolute Gasteiger partial charge is 0.480 e. The smallest absolute Gasteiger partial charge is 0.328 e. The molecular formula is C44H65N13O14. The van der Waals surface area contributed by atoms with Gasteiger partial charge in [0.15, 0.2) is 6.04 Å². The Morgan fingerprint density at radius 2 is 1.41 bits per heavy atom. The van der Waals surface area contributed by atoms with Crippen molar-refractivity contribution in [3.05, 3.63) is 54.1 Å². The van der Waals surface area contributed by atoms with E-state index in [1.165, 1.54) is 24.3 Å². The fraction of sp³-hybridized carbons (Fsp3) is 0.545. The number of aromatic amines is 1. The topological polar surface area (TPSA) is 443 Å². The molecule has 2 aromatic rings. The molecule has 1 saturated heterocycles. The molecule has 0 radical (unpaired) electrons. The molecule has 2 heterocycles. The number of nitrogens with two attached hydrogens (primary N) is 3. The maximum absolute atomic E-state index is 14.4. The number of benzene rings is 1. The zero-order chi connectivity index (χ0) is 52.9. The second-order valence-corrected chi connectivity index (χ2v) is 17.4. The minimum Gasteiger partial charge on any atom is -0.480 e. The molecule has 0 aliphatic carbocycles. The average molecular weight is 1000 g/mol. The maximum Gasteiger partial charge on any atom is 0.328 e. The number of imidazole rings is 1. The van der Waals surface area contributed by atoms with Crippen molar-refractivity contribution in [3.8, 4) is 0 Å². The van der Waals surface area contributed by atoms with E-state index in [0.29, 0.717) is 17.7 Å². The molecule has 0 bridgehead atoms. The molecule has 390 valence electrons. The summed E-state index contributed by atoms with van der Waals surface area (Å²) in [7, 11) is 0. The van der Waals surface area contributed by atoms with Crippen molar-refractivity contribution in [2.24, 2.45) is 23.1 Å². The number of likely N-dealkylation sites (tertiary alicyclic amines) is 1. The van der Waals surface area contributed by atoms with E-state index in [0.717, 1.165) is 0 Å². The highest BCUT2D eigenvalue weighted by molar-refractivity contribution is 5.98. The van der Waals surface area contributed by atoms with E-state index in [9.17, 15) is 68.1 Å². The van der Waals surface area contributed by atoms with E-state index < -0.39 is 139 Å². The lowest BCUT2D eigenvalue weighted by molar-refractivity contribution is -0.146. The van der Waals surface area contributed by atoms with Gasteiger partial charge in [-0.2, -0.15) is 0 Å². The molecular weight excluding hydrogens is 935 g/mol. The van der Waals surface area contributed by atoms with E-state index in [1.54, 1.807) is 44.2 Å². The first kappa shape index (κ1) is 57.8. The molecule has 0 unspecified atom stereocenters. The number of amides is 10. The SMILES string of the molecule is CC(C)C[C@H](NC(=O)[C@@H]1CCCN1C(=O)[C@H](Cc1ccccc1)NC(=O)[C@H](CO)NC(=O)[C@H](Cc1cnc[nH]1)NC(=O)CNC(=O)[C@H](CC(N)=O)NC(=O)[C@@H](N)CCC(N)=O)C(=O)N[C@H](C(=O)O)[C@@H](C)O. The first-order chi connectivity index (χ1) is 33.5. The van der Waals surface area contributed by atoms with E-state index in [4.69, 9.17) is 17.2 Å². The summed E-state index contributed by atoms with van der Waals surface area (Å²) >= 11 is 0. The second kappa shape index (κ2) is 28.2. The molecule has 10 amide bonds. The standard InChI is InChI=1S/C44H65N13O14/c1-22(2)14-27(40(66)56-36(23(3)59)44(70)71)53-42(68)32-10-7-13-57(32)43(69)30(15-24-8-5-4-6-9-24)54-41(67)31(20-58)55-39(65)28(16-25-18-48-21-50-25)51-35(62)19-49-38(64)29(17-34(47)61)52-37(63)26(45)11-12-33(46)60/h4-6,8-9,18,21-23,26-32,36,58-59H,7,10-17,19-20,45H2,1-3H3,(H2,46,60)(H2,47,61)(H,48,50)(H,49,64)(H,51,62)(H,52,63)(H,53,68)(H,54,67)(H,55,65)(H,56,66)(H,70,71)/t23-,26+,27+,28+,29+,30+,31+,32+,36+/m1/s1. The lowest BCUT2D eigenvalue weighted by Gasteiger charge is -2.31. The van der Waals surface area contributed by atoms with Gasteiger partial charge in [-0.1, -0.05) is 44.2 Å². The number of carboxylic acid groups (broad SMARTS) is 1. The average Bonchev–Trinajstić information content (AvgIpc) is 4.02. The van der Waals surface area contributed by atoms with Gasteiger partial charge in [-0.05, 0) is 44.1 Å². The number of carbonyl (C=O) groups excluding carboxylic acids is 10. The summed E-state index contributed by atoms with van der Waals surface area (Å²) in [6.07, 6.45) is 0.257. The summed E-state index contributed by atoms with van der Waals surface area (Å²) < 4.78 is 0. The molecule has 1 aromatic heterocycles. The Morgan fingerprint density at radius 3 is 1.99 bits per heavy atom. The molecule has 0 spiro atoms. The lowest BCUT2D eigenvalue weighted by atomic mass is 10.0. The summed E-state index contributed by atoms with van der Waals surface area (Å²) in [4.78, 5) is 151. The number of H-pyrrole nitrogens is 1. The van der Waals surface area contributed by atoms with Crippen LogP contribution in [0, 0.1) is 5.92 Å². The van der Waals surface area contributed by atoms with Crippen LogP contribution in [0.1, 0.15) is 70.6 Å². The number of aliphatic hydroxyl groups is 2. The van der Waals surface area contributed by atoms with Gasteiger partial charge < -0.3 is 79.6 Å². The fourth-order valence-corrected chi connectivity index (χ4v) is 7.38. The van der Waals surface area contributed by atoms with Crippen LogP contribution >= 0.6 is 0 Å². The zero-order valence-electron chi connectivity index (χ0n) is 39.6. The lowest BCUT2D eigenvalue weighted by Crippen LogP contribution is -2.61. The molecule has 71 heavy (non-hydrogen) atoms. The van der Waals surface area contributed by atoms with Gasteiger partial charge in [-0.15, -0.1) is 0 Å². The first-order valence-electron chi connectivity index (χ1n) is 22.8. The number of carbonyl (C=O) groups is 11. The number of aliphatic carboxylic acids is 1. The third-order valence-electron chi connectivity index (χ3n) is 11.1. The van der Waals surface area contributed by atoms with Gasteiger partial charge in [0.25, 0.3) is 0 Å². The van der Waals surface area contributed by atoms with Crippen LogP contribution in [0.3, 0.4) is 0 Å². The monoisotopic (exact) mass is 999 g/mol. The fourth-order valence-electron chi connectivity index (χ4n) is 7.38. The van der Waals surface area contributed by atoms with Crippen molar-refractivity contribution in [1.82, 2.24) is 52.1 Å². The molecule has 1 aliphatic heterocycles. The van der Waals surface area contributed by atoms with Gasteiger partial charge in [-0.25, -0.2) is 9.78 Å². The number of nitrogens with zero attached hydrogens (tertiary/aromatic N) is 2. The molecule has 1 fully saturated rings. The number of hydrogen-bond acceptors (Lipinski definition) is 15. The quantitative estimate of drug-likeness (QED) is 0.0361. The predicted molar refractivity (Wildman–Crippen MR) is 248 cm³/mol. The number of hydrogen-bond donors (Lipinski definition) is 14. The molecule has 1 aromatic carbocycles. The van der Waals surface area contributed by atoms with Gasteiger partial charge in [-0.3, -0.25) is 47.9 Å². The van der Waals surface area contributed by atoms with Gasteiger partial charge in [0.05, 0.1) is 38.0 Å². The van der Waals surface area contributed by atoms with Crippen LogP contribution in [0.15, 0.2) is 42.9 Å². The predicted octanol–water partition coefficient (Wildman–Crippen LogP) is -5.82. The number of nitrogens with one attached hydrogen (secondary N) is 8. The highest BCUT2D eigenvalue weighted by Gasteiger charge is 2.40. The Labute approximate surface area is 407 Å². The molecule has 27 nitrogen and oxygen atoms in total. The van der Waals surface area contributed by atoms with Crippen molar-refractivity contribution in [1.29, 1.82) is 0 Å². The minimum absolute atomic E-state index is 0.0604.